The Labute approximate surface area is 72.4 Å². The molecule has 0 fully saturated rings. The molecule has 3 heteroatoms. The monoisotopic (exact) mass is 170 g/mol. The second-order valence-corrected chi connectivity index (χ2v) is 2.48. The summed E-state index contributed by atoms with van der Waals surface area (Å²) in [5.41, 5.74) is 0.164. The van der Waals surface area contributed by atoms with Crippen molar-refractivity contribution in [3.63, 3.8) is 0 Å². The first-order valence-electron chi connectivity index (χ1n) is 3.86. The predicted molar refractivity (Wildman–Crippen MR) is 45.7 cm³/mol. The van der Waals surface area contributed by atoms with E-state index in [1.165, 1.54) is 13.8 Å². The molecular formula is C9H14O3. The van der Waals surface area contributed by atoms with Crippen LogP contribution in [0.5, 0.6) is 0 Å². The molecule has 0 saturated heterocycles. The summed E-state index contributed by atoms with van der Waals surface area (Å²) >= 11 is 0. The number of rotatable bonds is 4. The van der Waals surface area contributed by atoms with Gasteiger partial charge in [0.1, 0.15) is 5.76 Å². The molecule has 3 nitrogen and oxygen atoms in total. The fraction of sp³-hybridized carbons (Fsp3) is 0.556. The van der Waals surface area contributed by atoms with E-state index in [9.17, 15) is 9.59 Å². The predicted octanol–water partition coefficient (Wildman–Crippen LogP) is 1.47. The summed E-state index contributed by atoms with van der Waals surface area (Å²) in [6.45, 7) is 6.62. The minimum atomic E-state index is -0.242. The van der Waals surface area contributed by atoms with E-state index in [4.69, 9.17) is 4.74 Å². The lowest BCUT2D eigenvalue weighted by molar-refractivity contribution is -0.119. The molecule has 0 bridgehead atoms. The third-order valence-electron chi connectivity index (χ3n) is 1.42. The van der Waals surface area contributed by atoms with Crippen LogP contribution in [-0.2, 0) is 14.3 Å². The molecule has 12 heavy (non-hydrogen) atoms. The van der Waals surface area contributed by atoms with Gasteiger partial charge in [-0.2, -0.15) is 0 Å². The highest BCUT2D eigenvalue weighted by atomic mass is 16.5. The molecule has 0 rings (SSSR count). The number of carbonyl (C=O) groups is 2. The first-order valence-corrected chi connectivity index (χ1v) is 3.86. The number of hydrogen-bond donors (Lipinski definition) is 0. The third kappa shape index (κ3) is 2.86. The van der Waals surface area contributed by atoms with Crippen molar-refractivity contribution in [2.75, 3.05) is 6.61 Å². The number of ketones is 2. The van der Waals surface area contributed by atoms with Crippen LogP contribution in [0, 0.1) is 0 Å². The van der Waals surface area contributed by atoms with Crippen LogP contribution in [0.15, 0.2) is 11.3 Å². The van der Waals surface area contributed by atoms with E-state index in [2.05, 4.69) is 0 Å². The molecule has 0 aliphatic heterocycles. The summed E-state index contributed by atoms with van der Waals surface area (Å²) in [7, 11) is 0. The van der Waals surface area contributed by atoms with Crippen molar-refractivity contribution in [1.29, 1.82) is 0 Å². The van der Waals surface area contributed by atoms with Crippen LogP contribution in [0.2, 0.25) is 0 Å². The first-order chi connectivity index (χ1) is 5.50. The van der Waals surface area contributed by atoms with E-state index in [0.29, 0.717) is 12.4 Å². The second kappa shape index (κ2) is 4.70. The Bertz CT molecular complexity index is 210. The van der Waals surface area contributed by atoms with Gasteiger partial charge >= 0.3 is 0 Å². The minimum Gasteiger partial charge on any atom is -0.498 e. The maximum absolute atomic E-state index is 10.9. The zero-order valence-corrected chi connectivity index (χ0v) is 7.93. The quantitative estimate of drug-likeness (QED) is 0.278. The Morgan fingerprint density at radius 1 is 1.08 bits per heavy atom. The van der Waals surface area contributed by atoms with Gasteiger partial charge in [0.2, 0.25) is 0 Å². The van der Waals surface area contributed by atoms with Gasteiger partial charge in [-0.1, -0.05) is 0 Å². The average molecular weight is 170 g/mol. The fourth-order valence-electron chi connectivity index (χ4n) is 1.03. The SMILES string of the molecule is CCOC(C)=C(C(C)=O)C(C)=O. The molecule has 68 valence electrons. The average Bonchev–Trinajstić information content (AvgIpc) is 1.85. The van der Waals surface area contributed by atoms with Gasteiger partial charge in [0.25, 0.3) is 0 Å². The molecule has 0 aliphatic carbocycles. The van der Waals surface area contributed by atoms with E-state index < -0.39 is 0 Å². The number of carbonyl (C=O) groups excluding carboxylic acids is 2. The van der Waals surface area contributed by atoms with E-state index in [0.717, 1.165) is 0 Å². The van der Waals surface area contributed by atoms with Crippen LogP contribution in [0.25, 0.3) is 0 Å². The van der Waals surface area contributed by atoms with Crippen molar-refractivity contribution in [3.8, 4) is 0 Å². The van der Waals surface area contributed by atoms with Crippen LogP contribution in [0.4, 0.5) is 0 Å². The minimum absolute atomic E-state index is 0.164. The van der Waals surface area contributed by atoms with Gasteiger partial charge in [-0.15, -0.1) is 0 Å². The molecule has 0 aromatic heterocycles. The number of ether oxygens (including phenoxy) is 1. The molecule has 0 aromatic carbocycles. The van der Waals surface area contributed by atoms with Crippen molar-refractivity contribution in [2.45, 2.75) is 27.7 Å². The standard InChI is InChI=1S/C9H14O3/c1-5-12-8(4)9(6(2)10)7(3)11/h5H2,1-4H3. The van der Waals surface area contributed by atoms with Gasteiger partial charge in [0, 0.05) is 0 Å². The summed E-state index contributed by atoms with van der Waals surface area (Å²) in [5, 5.41) is 0. The van der Waals surface area contributed by atoms with Gasteiger partial charge < -0.3 is 4.74 Å². The highest BCUT2D eigenvalue weighted by Gasteiger charge is 2.13. The maximum Gasteiger partial charge on any atom is 0.166 e. The molecule has 0 spiro atoms. The lowest BCUT2D eigenvalue weighted by Gasteiger charge is -2.06. The molecule has 0 heterocycles. The van der Waals surface area contributed by atoms with Gasteiger partial charge in [-0.25, -0.2) is 0 Å². The van der Waals surface area contributed by atoms with Crippen LogP contribution >= 0.6 is 0 Å². The molecule has 0 radical (unpaired) electrons. The molecular weight excluding hydrogens is 156 g/mol. The zero-order valence-electron chi connectivity index (χ0n) is 7.93. The third-order valence-corrected chi connectivity index (χ3v) is 1.42. The summed E-state index contributed by atoms with van der Waals surface area (Å²) in [6.07, 6.45) is 0. The smallest absolute Gasteiger partial charge is 0.166 e. The first kappa shape index (κ1) is 10.9. The fourth-order valence-corrected chi connectivity index (χ4v) is 1.03. The number of hydrogen-bond acceptors (Lipinski definition) is 3. The zero-order chi connectivity index (χ0) is 9.72. The van der Waals surface area contributed by atoms with Crippen LogP contribution < -0.4 is 0 Å². The Morgan fingerprint density at radius 3 is 1.75 bits per heavy atom. The van der Waals surface area contributed by atoms with E-state index in [1.54, 1.807) is 13.8 Å². The topological polar surface area (TPSA) is 43.4 Å². The van der Waals surface area contributed by atoms with Crippen molar-refractivity contribution in [3.05, 3.63) is 11.3 Å². The van der Waals surface area contributed by atoms with Gasteiger partial charge in [-0.05, 0) is 27.7 Å². The highest BCUT2D eigenvalue weighted by Crippen LogP contribution is 2.07. The molecule has 0 aliphatic rings. The second-order valence-electron chi connectivity index (χ2n) is 2.48. The van der Waals surface area contributed by atoms with Crippen molar-refractivity contribution in [2.24, 2.45) is 0 Å². The van der Waals surface area contributed by atoms with Crippen LogP contribution in [0.1, 0.15) is 27.7 Å². The molecule has 0 amide bonds. The maximum atomic E-state index is 10.9. The highest BCUT2D eigenvalue weighted by molar-refractivity contribution is 6.18. The summed E-state index contributed by atoms with van der Waals surface area (Å²) in [6, 6.07) is 0. The summed E-state index contributed by atoms with van der Waals surface area (Å²) in [4.78, 5) is 21.9. The lowest BCUT2D eigenvalue weighted by atomic mass is 10.1. The van der Waals surface area contributed by atoms with Gasteiger partial charge in [0.15, 0.2) is 11.6 Å². The van der Waals surface area contributed by atoms with E-state index in [1.807, 2.05) is 0 Å². The van der Waals surface area contributed by atoms with Crippen molar-refractivity contribution < 1.29 is 14.3 Å². The molecule has 0 atom stereocenters. The normalized spacial score (nSPS) is 9.00. The largest absolute Gasteiger partial charge is 0.498 e. The number of allylic oxidation sites excluding steroid dienone is 2. The Kier molecular flexibility index (Phi) is 4.26. The summed E-state index contributed by atoms with van der Waals surface area (Å²) < 4.78 is 5.06. The van der Waals surface area contributed by atoms with Gasteiger partial charge in [-0.3, -0.25) is 9.59 Å². The van der Waals surface area contributed by atoms with Crippen LogP contribution in [0.3, 0.4) is 0 Å². The van der Waals surface area contributed by atoms with E-state index >= 15 is 0 Å². The Hall–Kier alpha value is -1.12. The Morgan fingerprint density at radius 2 is 1.50 bits per heavy atom. The number of Topliss-reactive ketones (excluding diaryl/α,β-unsaturated/α-hetero) is 2. The van der Waals surface area contributed by atoms with Crippen molar-refractivity contribution in [1.82, 2.24) is 0 Å². The van der Waals surface area contributed by atoms with Crippen molar-refractivity contribution >= 4 is 11.6 Å². The van der Waals surface area contributed by atoms with Crippen LogP contribution in [-0.4, -0.2) is 18.2 Å². The van der Waals surface area contributed by atoms with E-state index in [-0.39, 0.29) is 17.1 Å². The Balaban J connectivity index is 4.80. The lowest BCUT2D eigenvalue weighted by Crippen LogP contribution is -2.10. The molecule has 0 saturated carbocycles. The van der Waals surface area contributed by atoms with Gasteiger partial charge in [0.05, 0.1) is 12.2 Å². The molecule has 0 aromatic rings. The molecule has 0 unspecified atom stereocenters. The molecule has 0 N–H and O–H groups in total. The summed E-state index contributed by atoms with van der Waals surface area (Å²) in [5.74, 6) is -0.0700.